The van der Waals surface area contributed by atoms with Crippen LogP contribution in [0.4, 0.5) is 8.78 Å². The van der Waals surface area contributed by atoms with E-state index in [1.54, 1.807) is 12.1 Å². The number of benzene rings is 1. The first-order valence-corrected chi connectivity index (χ1v) is 5.32. The van der Waals surface area contributed by atoms with Gasteiger partial charge in [0.2, 0.25) is 0 Å². The Hall–Kier alpha value is -1.16. The van der Waals surface area contributed by atoms with Gasteiger partial charge in [0, 0.05) is 5.41 Å². The molecule has 1 aliphatic rings. The van der Waals surface area contributed by atoms with Crippen LogP contribution in [0.15, 0.2) is 24.3 Å². The Labute approximate surface area is 92.9 Å². The van der Waals surface area contributed by atoms with Gasteiger partial charge in [0.05, 0.1) is 6.61 Å². The number of hydrogen-bond donors (Lipinski definition) is 1. The molecule has 0 amide bonds. The van der Waals surface area contributed by atoms with E-state index in [1.165, 1.54) is 12.1 Å². The maximum Gasteiger partial charge on any atom is 0.387 e. The van der Waals surface area contributed by atoms with Crippen molar-refractivity contribution in [3.8, 4) is 5.75 Å². The number of aliphatic hydroxyl groups excluding tert-OH is 1. The Morgan fingerprint density at radius 2 is 1.88 bits per heavy atom. The maximum absolute atomic E-state index is 11.9. The first-order valence-electron chi connectivity index (χ1n) is 5.32. The van der Waals surface area contributed by atoms with E-state index in [2.05, 4.69) is 4.74 Å². The molecule has 1 N–H and O–H groups in total. The Balaban J connectivity index is 2.12. The lowest BCUT2D eigenvalue weighted by molar-refractivity contribution is -0.0498. The third-order valence-electron chi connectivity index (χ3n) is 3.31. The Morgan fingerprint density at radius 3 is 2.25 bits per heavy atom. The van der Waals surface area contributed by atoms with Crippen LogP contribution < -0.4 is 4.74 Å². The van der Waals surface area contributed by atoms with E-state index in [4.69, 9.17) is 0 Å². The molecule has 0 saturated heterocycles. The van der Waals surface area contributed by atoms with Crippen molar-refractivity contribution in [1.29, 1.82) is 0 Å². The minimum Gasteiger partial charge on any atom is -0.435 e. The average molecular weight is 228 g/mol. The molecule has 2 nitrogen and oxygen atoms in total. The molecule has 0 aromatic heterocycles. The summed E-state index contributed by atoms with van der Waals surface area (Å²) in [7, 11) is 0. The molecule has 16 heavy (non-hydrogen) atoms. The van der Waals surface area contributed by atoms with Crippen molar-refractivity contribution in [3.63, 3.8) is 0 Å². The van der Waals surface area contributed by atoms with Crippen molar-refractivity contribution in [1.82, 2.24) is 0 Å². The SMILES string of the molecule is OCC1(c2ccc(OC(F)F)cc2)CCC1. The van der Waals surface area contributed by atoms with E-state index in [0.29, 0.717) is 0 Å². The van der Waals surface area contributed by atoms with E-state index in [-0.39, 0.29) is 17.8 Å². The zero-order valence-corrected chi connectivity index (χ0v) is 8.83. The second kappa shape index (κ2) is 4.37. The third-order valence-corrected chi connectivity index (χ3v) is 3.31. The van der Waals surface area contributed by atoms with Crippen LogP contribution in [0.5, 0.6) is 5.75 Å². The van der Waals surface area contributed by atoms with Gasteiger partial charge in [-0.05, 0) is 30.5 Å². The van der Waals surface area contributed by atoms with Gasteiger partial charge in [0.15, 0.2) is 0 Å². The minimum absolute atomic E-state index is 0.113. The van der Waals surface area contributed by atoms with E-state index in [9.17, 15) is 13.9 Å². The van der Waals surface area contributed by atoms with E-state index in [1.807, 2.05) is 0 Å². The second-order valence-corrected chi connectivity index (χ2v) is 4.19. The molecule has 88 valence electrons. The molecule has 0 spiro atoms. The highest BCUT2D eigenvalue weighted by atomic mass is 19.3. The summed E-state index contributed by atoms with van der Waals surface area (Å²) in [6.07, 6.45) is 3.02. The number of ether oxygens (including phenoxy) is 1. The predicted molar refractivity (Wildman–Crippen MR) is 55.7 cm³/mol. The van der Waals surface area contributed by atoms with Crippen molar-refractivity contribution in [3.05, 3.63) is 29.8 Å². The molecular weight excluding hydrogens is 214 g/mol. The molecule has 1 aromatic rings. The smallest absolute Gasteiger partial charge is 0.387 e. The fourth-order valence-electron chi connectivity index (χ4n) is 2.13. The Bertz CT molecular complexity index is 339. The second-order valence-electron chi connectivity index (χ2n) is 4.19. The molecule has 0 bridgehead atoms. The highest BCUT2D eigenvalue weighted by Gasteiger charge is 2.37. The predicted octanol–water partition coefficient (Wildman–Crippen LogP) is 2.70. The van der Waals surface area contributed by atoms with E-state index >= 15 is 0 Å². The largest absolute Gasteiger partial charge is 0.435 e. The Morgan fingerprint density at radius 1 is 1.25 bits per heavy atom. The quantitative estimate of drug-likeness (QED) is 0.858. The van der Waals surface area contributed by atoms with Gasteiger partial charge in [-0.1, -0.05) is 18.6 Å². The molecule has 0 heterocycles. The topological polar surface area (TPSA) is 29.5 Å². The molecule has 0 radical (unpaired) electrons. The van der Waals surface area contributed by atoms with Gasteiger partial charge in [-0.15, -0.1) is 0 Å². The van der Waals surface area contributed by atoms with Gasteiger partial charge in [0.1, 0.15) is 5.75 Å². The van der Waals surface area contributed by atoms with Crippen molar-refractivity contribution < 1.29 is 18.6 Å². The summed E-state index contributed by atoms with van der Waals surface area (Å²) in [5.74, 6) is 0.158. The van der Waals surface area contributed by atoms with Crippen LogP contribution in [0, 0.1) is 0 Å². The van der Waals surface area contributed by atoms with Crippen LogP contribution >= 0.6 is 0 Å². The normalized spacial score (nSPS) is 18.2. The number of alkyl halides is 2. The summed E-state index contributed by atoms with van der Waals surface area (Å²) in [5.41, 5.74) is 0.853. The van der Waals surface area contributed by atoms with Gasteiger partial charge in [-0.25, -0.2) is 0 Å². The minimum atomic E-state index is -2.79. The van der Waals surface area contributed by atoms with Crippen LogP contribution in [0.3, 0.4) is 0 Å². The standard InChI is InChI=1S/C12H14F2O2/c13-11(14)16-10-4-2-9(3-5-10)12(8-15)6-1-7-12/h2-5,11,15H,1,6-8H2. The van der Waals surface area contributed by atoms with Gasteiger partial charge in [0.25, 0.3) is 0 Å². The number of hydrogen-bond acceptors (Lipinski definition) is 2. The number of rotatable bonds is 4. The fraction of sp³-hybridized carbons (Fsp3) is 0.500. The van der Waals surface area contributed by atoms with Gasteiger partial charge in [-0.3, -0.25) is 0 Å². The molecule has 1 aromatic carbocycles. The van der Waals surface area contributed by atoms with Crippen molar-refractivity contribution in [2.24, 2.45) is 0 Å². The van der Waals surface area contributed by atoms with Crippen LogP contribution in [0.1, 0.15) is 24.8 Å². The first-order chi connectivity index (χ1) is 7.66. The van der Waals surface area contributed by atoms with E-state index < -0.39 is 6.61 Å². The molecule has 0 aliphatic heterocycles. The van der Waals surface area contributed by atoms with Crippen molar-refractivity contribution in [2.75, 3.05) is 6.61 Å². The van der Waals surface area contributed by atoms with E-state index in [0.717, 1.165) is 24.8 Å². The van der Waals surface area contributed by atoms with Crippen LogP contribution in [0.2, 0.25) is 0 Å². The molecule has 2 rings (SSSR count). The Kier molecular flexibility index (Phi) is 3.10. The first kappa shape index (κ1) is 11.3. The fourth-order valence-corrected chi connectivity index (χ4v) is 2.13. The molecule has 1 aliphatic carbocycles. The zero-order chi connectivity index (χ0) is 11.6. The van der Waals surface area contributed by atoms with Gasteiger partial charge >= 0.3 is 6.61 Å². The molecule has 0 atom stereocenters. The lowest BCUT2D eigenvalue weighted by Crippen LogP contribution is -2.37. The summed E-state index contributed by atoms with van der Waals surface area (Å²) in [6.45, 7) is -2.68. The average Bonchev–Trinajstić information content (AvgIpc) is 2.19. The van der Waals surface area contributed by atoms with Gasteiger partial charge in [-0.2, -0.15) is 8.78 Å². The monoisotopic (exact) mass is 228 g/mol. The molecule has 4 heteroatoms. The molecule has 0 unspecified atom stereocenters. The molecular formula is C12H14F2O2. The highest BCUT2D eigenvalue weighted by Crippen LogP contribution is 2.43. The summed E-state index contributed by atoms with van der Waals surface area (Å²) in [4.78, 5) is 0. The summed E-state index contributed by atoms with van der Waals surface area (Å²) < 4.78 is 28.1. The summed E-state index contributed by atoms with van der Waals surface area (Å²) >= 11 is 0. The molecule has 1 saturated carbocycles. The lowest BCUT2D eigenvalue weighted by Gasteiger charge is -2.40. The lowest BCUT2D eigenvalue weighted by atomic mass is 9.65. The van der Waals surface area contributed by atoms with Crippen molar-refractivity contribution >= 4 is 0 Å². The van der Waals surface area contributed by atoms with Crippen molar-refractivity contribution in [2.45, 2.75) is 31.3 Å². The number of halogens is 2. The number of aliphatic hydroxyl groups is 1. The summed E-state index contributed by atoms with van der Waals surface area (Å²) in [5, 5.41) is 9.35. The summed E-state index contributed by atoms with van der Waals surface area (Å²) in [6, 6.07) is 6.56. The van der Waals surface area contributed by atoms with Crippen LogP contribution in [-0.2, 0) is 5.41 Å². The van der Waals surface area contributed by atoms with Crippen LogP contribution in [-0.4, -0.2) is 18.3 Å². The highest BCUT2D eigenvalue weighted by molar-refractivity contribution is 5.34. The third kappa shape index (κ3) is 2.02. The van der Waals surface area contributed by atoms with Gasteiger partial charge < -0.3 is 9.84 Å². The molecule has 1 fully saturated rings. The zero-order valence-electron chi connectivity index (χ0n) is 8.83. The van der Waals surface area contributed by atoms with Crippen LogP contribution in [0.25, 0.3) is 0 Å². The maximum atomic E-state index is 11.9.